The van der Waals surface area contributed by atoms with Gasteiger partial charge < -0.3 is 9.68 Å². The molecule has 1 amide bonds. The fourth-order valence-electron chi connectivity index (χ4n) is 1.10. The molecule has 0 aliphatic carbocycles. The minimum Gasteiger partial charge on any atom is -0.487 e. The van der Waals surface area contributed by atoms with E-state index in [1.807, 2.05) is 0 Å². The maximum atomic E-state index is 11.3. The van der Waals surface area contributed by atoms with Crippen LogP contribution in [0.25, 0.3) is 0 Å². The number of nitro groups is 1. The quantitative estimate of drug-likeness (QED) is 0.457. The lowest BCUT2D eigenvalue weighted by atomic mass is 9.79. The van der Waals surface area contributed by atoms with Crippen LogP contribution in [0.1, 0.15) is 0 Å². The highest BCUT2D eigenvalue weighted by Crippen LogP contribution is 2.07. The van der Waals surface area contributed by atoms with Crippen LogP contribution in [0.4, 0.5) is 10.5 Å². The van der Waals surface area contributed by atoms with E-state index in [2.05, 4.69) is 9.49 Å². The molecule has 0 atom stereocenters. The van der Waals surface area contributed by atoms with Crippen molar-refractivity contribution >= 4 is 24.4 Å². The third-order valence-corrected chi connectivity index (χ3v) is 2.11. The molecule has 8 nitrogen and oxygen atoms in total. The summed E-state index contributed by atoms with van der Waals surface area (Å²) in [6.45, 7) is 0. The highest BCUT2D eigenvalue weighted by atomic mass is 16.7. The van der Waals surface area contributed by atoms with Gasteiger partial charge in [0.2, 0.25) is 0 Å². The summed E-state index contributed by atoms with van der Waals surface area (Å²) >= 11 is 0. The lowest BCUT2D eigenvalue weighted by Gasteiger charge is -2.15. The molecule has 0 unspecified atom stereocenters. The van der Waals surface area contributed by atoms with Crippen LogP contribution in [0.3, 0.4) is 0 Å². The SMILES string of the molecule is CON(C)C(=O)OB(O)c1cccc([N+](=O)[O-])c1. The van der Waals surface area contributed by atoms with Gasteiger partial charge in [0.25, 0.3) is 5.69 Å². The van der Waals surface area contributed by atoms with Crippen molar-refractivity contribution in [3.8, 4) is 0 Å². The van der Waals surface area contributed by atoms with Gasteiger partial charge in [-0.3, -0.25) is 15.0 Å². The Balaban J connectivity index is 2.78. The Kier molecular flexibility index (Phi) is 4.63. The number of nitro benzene ring substituents is 1. The zero-order valence-electron chi connectivity index (χ0n) is 9.77. The van der Waals surface area contributed by atoms with E-state index >= 15 is 0 Å². The molecule has 0 spiro atoms. The summed E-state index contributed by atoms with van der Waals surface area (Å²) in [5.74, 6) is 0. The number of rotatable bonds is 4. The lowest BCUT2D eigenvalue weighted by Crippen LogP contribution is -2.40. The van der Waals surface area contributed by atoms with Crippen LogP contribution in [0, 0.1) is 10.1 Å². The summed E-state index contributed by atoms with van der Waals surface area (Å²) in [5.41, 5.74) is -0.107. The molecule has 96 valence electrons. The fourth-order valence-corrected chi connectivity index (χ4v) is 1.10. The molecule has 0 radical (unpaired) electrons. The Bertz CT molecular complexity index is 454. The summed E-state index contributed by atoms with van der Waals surface area (Å²) in [4.78, 5) is 25.7. The van der Waals surface area contributed by atoms with Crippen LogP contribution in [0.15, 0.2) is 24.3 Å². The van der Waals surface area contributed by atoms with Gasteiger partial charge in [0.1, 0.15) is 0 Å². The average molecular weight is 254 g/mol. The first-order valence-corrected chi connectivity index (χ1v) is 4.86. The largest absolute Gasteiger partial charge is 0.563 e. The third kappa shape index (κ3) is 3.44. The summed E-state index contributed by atoms with van der Waals surface area (Å²) in [5, 5.41) is 20.9. The molecule has 1 aromatic rings. The van der Waals surface area contributed by atoms with Crippen LogP contribution in [0.2, 0.25) is 0 Å². The van der Waals surface area contributed by atoms with Crippen molar-refractivity contribution in [3.05, 3.63) is 34.4 Å². The van der Waals surface area contributed by atoms with E-state index < -0.39 is 18.1 Å². The van der Waals surface area contributed by atoms with Crippen LogP contribution in [0.5, 0.6) is 0 Å². The Morgan fingerprint density at radius 1 is 1.56 bits per heavy atom. The van der Waals surface area contributed by atoms with Gasteiger partial charge >= 0.3 is 13.2 Å². The second-order valence-corrected chi connectivity index (χ2v) is 3.27. The second-order valence-electron chi connectivity index (χ2n) is 3.27. The average Bonchev–Trinajstić information content (AvgIpc) is 2.37. The Hall–Kier alpha value is -2.13. The van der Waals surface area contributed by atoms with E-state index in [0.29, 0.717) is 0 Å². The molecule has 0 saturated carbocycles. The normalized spacial score (nSPS) is 9.72. The zero-order chi connectivity index (χ0) is 13.7. The second kappa shape index (κ2) is 5.98. The summed E-state index contributed by atoms with van der Waals surface area (Å²) in [7, 11) is 0.943. The summed E-state index contributed by atoms with van der Waals surface area (Å²) < 4.78 is 4.62. The van der Waals surface area contributed by atoms with Crippen molar-refractivity contribution in [2.24, 2.45) is 0 Å². The van der Waals surface area contributed by atoms with Crippen molar-refractivity contribution in [2.45, 2.75) is 0 Å². The van der Waals surface area contributed by atoms with E-state index in [4.69, 9.17) is 0 Å². The molecule has 0 bridgehead atoms. The molecule has 0 saturated heterocycles. The first-order valence-electron chi connectivity index (χ1n) is 4.86. The van der Waals surface area contributed by atoms with Gasteiger partial charge in [-0.05, 0) is 0 Å². The van der Waals surface area contributed by atoms with Gasteiger partial charge in [0.05, 0.1) is 12.0 Å². The number of non-ortho nitro benzene ring substituents is 1. The monoisotopic (exact) mass is 254 g/mol. The fraction of sp³-hybridized carbons (Fsp3) is 0.222. The molecule has 9 heteroatoms. The van der Waals surface area contributed by atoms with Crippen molar-refractivity contribution in [3.63, 3.8) is 0 Å². The maximum Gasteiger partial charge on any atom is 0.563 e. The minimum atomic E-state index is -1.60. The van der Waals surface area contributed by atoms with Crippen molar-refractivity contribution in [1.82, 2.24) is 5.06 Å². The smallest absolute Gasteiger partial charge is 0.487 e. The molecule has 0 aliphatic heterocycles. The minimum absolute atomic E-state index is 0.0991. The molecule has 0 fully saturated rings. The summed E-state index contributed by atoms with van der Waals surface area (Å²) in [6, 6.07) is 5.16. The molecular weight excluding hydrogens is 243 g/mol. The molecule has 0 aliphatic rings. The maximum absolute atomic E-state index is 11.3. The number of carbonyl (C=O) groups excluding carboxylic acids is 1. The number of benzene rings is 1. The molecule has 18 heavy (non-hydrogen) atoms. The van der Waals surface area contributed by atoms with Crippen molar-refractivity contribution in [1.29, 1.82) is 0 Å². The molecule has 0 heterocycles. The van der Waals surface area contributed by atoms with Crippen LogP contribution in [-0.2, 0) is 9.49 Å². The number of nitrogens with zero attached hydrogens (tertiary/aromatic N) is 2. The molecule has 1 aromatic carbocycles. The molecular formula is C9H11BN2O6. The Labute approximate surface area is 103 Å². The summed E-state index contributed by atoms with van der Waals surface area (Å²) in [6.07, 6.45) is -0.920. The van der Waals surface area contributed by atoms with Crippen molar-refractivity contribution < 1.29 is 24.2 Å². The van der Waals surface area contributed by atoms with Crippen molar-refractivity contribution in [2.75, 3.05) is 14.2 Å². The highest BCUT2D eigenvalue weighted by molar-refractivity contribution is 6.61. The number of carbonyl (C=O) groups is 1. The number of hydroxylamine groups is 2. The van der Waals surface area contributed by atoms with E-state index in [-0.39, 0.29) is 11.2 Å². The predicted molar refractivity (Wildman–Crippen MR) is 62.0 cm³/mol. The Morgan fingerprint density at radius 3 is 2.78 bits per heavy atom. The van der Waals surface area contributed by atoms with E-state index in [0.717, 1.165) is 11.1 Å². The van der Waals surface area contributed by atoms with Crippen LogP contribution < -0.4 is 5.46 Å². The third-order valence-electron chi connectivity index (χ3n) is 2.11. The number of hydrogen-bond acceptors (Lipinski definition) is 6. The first-order chi connectivity index (χ1) is 8.45. The van der Waals surface area contributed by atoms with E-state index in [9.17, 15) is 19.9 Å². The van der Waals surface area contributed by atoms with Crippen LogP contribution in [-0.4, -0.2) is 42.4 Å². The first kappa shape index (κ1) is 13.9. The van der Waals surface area contributed by atoms with Gasteiger partial charge in [0.15, 0.2) is 0 Å². The Morgan fingerprint density at radius 2 is 2.22 bits per heavy atom. The topological polar surface area (TPSA) is 102 Å². The molecule has 1 rings (SSSR count). The van der Waals surface area contributed by atoms with Gasteiger partial charge in [-0.1, -0.05) is 12.1 Å². The van der Waals surface area contributed by atoms with Gasteiger partial charge in [-0.2, -0.15) is 5.06 Å². The molecule has 0 aromatic heterocycles. The molecule has 1 N–H and O–H groups in total. The van der Waals surface area contributed by atoms with E-state index in [1.165, 1.54) is 32.4 Å². The standard InChI is InChI=1S/C9H11BN2O6/c1-11(17-2)9(13)18-10(14)7-4-3-5-8(6-7)12(15)16/h3-6,14H,1-2H3. The zero-order valence-corrected chi connectivity index (χ0v) is 9.77. The lowest BCUT2D eigenvalue weighted by molar-refractivity contribution is -0.384. The van der Waals surface area contributed by atoms with Gasteiger partial charge in [-0.25, -0.2) is 4.79 Å². The highest BCUT2D eigenvalue weighted by Gasteiger charge is 2.25. The predicted octanol–water partition coefficient (Wildman–Crippen LogP) is -0.0879. The number of amides is 1. The van der Waals surface area contributed by atoms with Gasteiger partial charge in [-0.15, -0.1) is 0 Å². The van der Waals surface area contributed by atoms with Gasteiger partial charge in [0, 0.05) is 24.6 Å². The number of hydrogen-bond donors (Lipinski definition) is 1. The van der Waals surface area contributed by atoms with E-state index in [1.54, 1.807) is 0 Å². The van der Waals surface area contributed by atoms with Crippen LogP contribution >= 0.6 is 0 Å².